The zero-order valence-corrected chi connectivity index (χ0v) is 17.9. The molecule has 0 saturated carbocycles. The Morgan fingerprint density at radius 1 is 0.536 bits per heavy atom. The molecule has 0 spiro atoms. The first-order chi connectivity index (χ1) is 13.8. The Hall–Kier alpha value is -2.08. The second-order valence-corrected chi connectivity index (χ2v) is 8.40. The van der Waals surface area contributed by atoms with Gasteiger partial charge in [-0.15, -0.1) is 0 Å². The van der Waals surface area contributed by atoms with Crippen LogP contribution in [0, 0.1) is 0 Å². The van der Waals surface area contributed by atoms with Crippen LogP contribution in [0.15, 0.2) is 42.5 Å². The van der Waals surface area contributed by atoms with Crippen LogP contribution in [0.2, 0.25) is 0 Å². The lowest BCUT2D eigenvalue weighted by Gasteiger charge is -2.22. The van der Waals surface area contributed by atoms with E-state index in [1.54, 1.807) is 27.6 Å². The van der Waals surface area contributed by atoms with Gasteiger partial charge in [0.1, 0.15) is 0 Å². The van der Waals surface area contributed by atoms with Crippen LogP contribution in [0.5, 0.6) is 0 Å². The van der Waals surface area contributed by atoms with Gasteiger partial charge in [0.2, 0.25) is 0 Å². The predicted octanol–water partition coefficient (Wildman–Crippen LogP) is 8.52. The van der Waals surface area contributed by atoms with E-state index in [1.165, 1.54) is 79.9 Å². The average Bonchev–Trinajstić information content (AvgIpc) is 3.07. The van der Waals surface area contributed by atoms with Gasteiger partial charge in [-0.05, 0) is 88.2 Å². The molecule has 0 atom stereocenters. The van der Waals surface area contributed by atoms with Gasteiger partial charge in [0.05, 0.1) is 0 Å². The van der Waals surface area contributed by atoms with Crippen molar-refractivity contribution in [1.29, 1.82) is 0 Å². The van der Waals surface area contributed by atoms with E-state index in [0.29, 0.717) is 0 Å². The van der Waals surface area contributed by atoms with Gasteiger partial charge in [-0.3, -0.25) is 0 Å². The first-order valence-electron chi connectivity index (χ1n) is 11.5. The number of benzene rings is 3. The molecule has 28 heavy (non-hydrogen) atoms. The van der Waals surface area contributed by atoms with Gasteiger partial charge < -0.3 is 0 Å². The zero-order chi connectivity index (χ0) is 19.5. The van der Waals surface area contributed by atoms with Gasteiger partial charge in [-0.2, -0.15) is 0 Å². The van der Waals surface area contributed by atoms with Crippen molar-refractivity contribution in [2.75, 3.05) is 0 Å². The number of aryl methyl sites for hydroxylation is 1. The average molecular weight is 371 g/mol. The van der Waals surface area contributed by atoms with Crippen molar-refractivity contribution in [2.24, 2.45) is 0 Å². The number of hydrogen-bond acceptors (Lipinski definition) is 0. The standard InChI is InChI=1S/C28H34/c1-4-7-13-20-21(14-8-5-2)25-18-12-19-26-22-16-10-11-17-24(22)27(28(25)26)23(20)15-9-6-3/h10-12,16-19H,4-9,13-15H2,1-3H3. The van der Waals surface area contributed by atoms with Crippen LogP contribution in [0.25, 0.3) is 33.0 Å². The lowest BCUT2D eigenvalue weighted by atomic mass is 9.82. The molecular formula is C28H34. The number of hydrogen-bond donors (Lipinski definition) is 0. The van der Waals surface area contributed by atoms with Crippen LogP contribution in [-0.2, 0) is 19.3 Å². The molecule has 3 aromatic carbocycles. The maximum Gasteiger partial charge on any atom is -0.00206 e. The minimum absolute atomic E-state index is 1.22. The molecule has 0 radical (unpaired) electrons. The molecule has 0 nitrogen and oxygen atoms in total. The number of fused-ring (bicyclic) bond motifs is 3. The Kier molecular flexibility index (Phi) is 5.85. The van der Waals surface area contributed by atoms with Crippen molar-refractivity contribution in [3.8, 4) is 22.3 Å². The van der Waals surface area contributed by atoms with Gasteiger partial charge in [-0.1, -0.05) is 82.5 Å². The fourth-order valence-electron chi connectivity index (χ4n) is 5.10. The van der Waals surface area contributed by atoms with Gasteiger partial charge in [0, 0.05) is 0 Å². The largest absolute Gasteiger partial charge is 0.0654 e. The lowest BCUT2D eigenvalue weighted by Crippen LogP contribution is -2.05. The van der Waals surface area contributed by atoms with Crippen molar-refractivity contribution in [2.45, 2.75) is 78.6 Å². The molecule has 146 valence electrons. The Bertz CT molecular complexity index is 977. The van der Waals surface area contributed by atoms with Crippen molar-refractivity contribution in [1.82, 2.24) is 0 Å². The van der Waals surface area contributed by atoms with Crippen LogP contribution >= 0.6 is 0 Å². The van der Waals surface area contributed by atoms with Gasteiger partial charge in [0.25, 0.3) is 0 Å². The fraction of sp³-hybridized carbons (Fsp3) is 0.429. The quantitative estimate of drug-likeness (QED) is 0.277. The van der Waals surface area contributed by atoms with Crippen LogP contribution in [-0.4, -0.2) is 0 Å². The van der Waals surface area contributed by atoms with Crippen LogP contribution < -0.4 is 0 Å². The monoisotopic (exact) mass is 370 g/mol. The Balaban J connectivity index is 2.06. The summed E-state index contributed by atoms with van der Waals surface area (Å²) < 4.78 is 0. The van der Waals surface area contributed by atoms with Gasteiger partial charge in [-0.25, -0.2) is 0 Å². The highest BCUT2D eigenvalue weighted by atomic mass is 14.3. The van der Waals surface area contributed by atoms with E-state index in [9.17, 15) is 0 Å². The van der Waals surface area contributed by atoms with Crippen LogP contribution in [0.1, 0.15) is 76.0 Å². The zero-order valence-electron chi connectivity index (χ0n) is 17.9. The molecule has 0 saturated heterocycles. The van der Waals surface area contributed by atoms with Crippen LogP contribution in [0.4, 0.5) is 0 Å². The summed E-state index contributed by atoms with van der Waals surface area (Å²) in [5.74, 6) is 0. The van der Waals surface area contributed by atoms with E-state index >= 15 is 0 Å². The Labute approximate surface area is 171 Å². The highest BCUT2D eigenvalue weighted by Gasteiger charge is 2.27. The maximum absolute atomic E-state index is 2.40. The van der Waals surface area contributed by atoms with E-state index in [2.05, 4.69) is 63.2 Å². The summed E-state index contributed by atoms with van der Waals surface area (Å²) in [6.07, 6.45) is 11.4. The molecule has 0 unspecified atom stereocenters. The molecule has 1 aliphatic carbocycles. The van der Waals surface area contributed by atoms with Crippen molar-refractivity contribution >= 4 is 10.8 Å². The van der Waals surface area contributed by atoms with Gasteiger partial charge >= 0.3 is 0 Å². The second kappa shape index (κ2) is 8.52. The van der Waals surface area contributed by atoms with E-state index < -0.39 is 0 Å². The summed E-state index contributed by atoms with van der Waals surface area (Å²) >= 11 is 0. The van der Waals surface area contributed by atoms with E-state index in [4.69, 9.17) is 0 Å². The highest BCUT2D eigenvalue weighted by molar-refractivity contribution is 6.17. The first-order valence-corrected chi connectivity index (χ1v) is 11.5. The third-order valence-electron chi connectivity index (χ3n) is 6.50. The molecular weight excluding hydrogens is 336 g/mol. The minimum Gasteiger partial charge on any atom is -0.0654 e. The van der Waals surface area contributed by atoms with Gasteiger partial charge in [0.15, 0.2) is 0 Å². The summed E-state index contributed by atoms with van der Waals surface area (Å²) in [6.45, 7) is 6.97. The first kappa shape index (κ1) is 19.2. The third-order valence-corrected chi connectivity index (χ3v) is 6.50. The normalized spacial score (nSPS) is 12.0. The number of rotatable bonds is 9. The third kappa shape index (κ3) is 3.17. The summed E-state index contributed by atoms with van der Waals surface area (Å²) in [6, 6.07) is 16.1. The molecule has 0 N–H and O–H groups in total. The SMILES string of the molecule is CCCCc1c(CCCC)c2c3c(cccc3c1CCCC)-c1ccccc1-2. The molecule has 4 rings (SSSR count). The van der Waals surface area contributed by atoms with Crippen molar-refractivity contribution < 1.29 is 0 Å². The molecule has 0 fully saturated rings. The summed E-state index contributed by atoms with van der Waals surface area (Å²) in [4.78, 5) is 0. The Morgan fingerprint density at radius 2 is 1.11 bits per heavy atom. The molecule has 0 aliphatic heterocycles. The summed E-state index contributed by atoms with van der Waals surface area (Å²) in [5.41, 5.74) is 11.0. The second-order valence-electron chi connectivity index (χ2n) is 8.40. The number of unbranched alkanes of at least 4 members (excludes halogenated alkanes) is 3. The Morgan fingerprint density at radius 3 is 1.79 bits per heavy atom. The molecule has 1 aliphatic rings. The highest BCUT2D eigenvalue weighted by Crippen LogP contribution is 2.51. The van der Waals surface area contributed by atoms with E-state index in [-0.39, 0.29) is 0 Å². The molecule has 0 bridgehead atoms. The van der Waals surface area contributed by atoms with Crippen molar-refractivity contribution in [3.63, 3.8) is 0 Å². The predicted molar refractivity (Wildman–Crippen MR) is 124 cm³/mol. The fourth-order valence-corrected chi connectivity index (χ4v) is 5.10. The van der Waals surface area contributed by atoms with Crippen molar-refractivity contribution in [3.05, 3.63) is 59.2 Å². The molecule has 3 aromatic rings. The van der Waals surface area contributed by atoms with Crippen LogP contribution in [0.3, 0.4) is 0 Å². The molecule has 0 heterocycles. The summed E-state index contributed by atoms with van der Waals surface area (Å²) in [5, 5.41) is 3.07. The molecule has 0 amide bonds. The topological polar surface area (TPSA) is 0 Å². The minimum atomic E-state index is 1.22. The maximum atomic E-state index is 2.40. The molecule has 0 aromatic heterocycles. The molecule has 0 heteroatoms. The van der Waals surface area contributed by atoms with E-state index in [0.717, 1.165) is 0 Å². The van der Waals surface area contributed by atoms with E-state index in [1.807, 2.05) is 0 Å². The summed E-state index contributed by atoms with van der Waals surface area (Å²) in [7, 11) is 0. The lowest BCUT2D eigenvalue weighted by molar-refractivity contribution is 0.739. The smallest absolute Gasteiger partial charge is 0.00206 e.